The summed E-state index contributed by atoms with van der Waals surface area (Å²) in [6, 6.07) is 5.55. The number of carbonyl (C=O) groups excluding carboxylic acids is 1. The number of nitrogens with zero attached hydrogens (tertiary/aromatic N) is 2. The van der Waals surface area contributed by atoms with Crippen LogP contribution in [-0.2, 0) is 24.4 Å². The fourth-order valence-corrected chi connectivity index (χ4v) is 3.70. The van der Waals surface area contributed by atoms with Gasteiger partial charge in [-0.3, -0.25) is 18.7 Å². The highest BCUT2D eigenvalue weighted by atomic mass is 35.5. The molecule has 6 nitrogen and oxygen atoms in total. The van der Waals surface area contributed by atoms with Crippen molar-refractivity contribution in [3.8, 4) is 0 Å². The smallest absolute Gasteiger partial charge is 0.331 e. The van der Waals surface area contributed by atoms with Crippen LogP contribution in [0.5, 0.6) is 0 Å². The Labute approximate surface area is 156 Å². The second kappa shape index (κ2) is 7.43. The normalized spacial score (nSPS) is 11.0. The first-order valence-corrected chi connectivity index (χ1v) is 9.09. The van der Waals surface area contributed by atoms with Crippen molar-refractivity contribution in [3.63, 3.8) is 0 Å². The van der Waals surface area contributed by atoms with E-state index in [2.05, 4.69) is 5.32 Å². The molecule has 3 rings (SSSR count). The van der Waals surface area contributed by atoms with Gasteiger partial charge in [-0.2, -0.15) is 0 Å². The van der Waals surface area contributed by atoms with Gasteiger partial charge in [0.05, 0.1) is 5.52 Å². The van der Waals surface area contributed by atoms with Crippen molar-refractivity contribution >= 4 is 39.1 Å². The quantitative estimate of drug-likeness (QED) is 0.720. The second-order valence-electron chi connectivity index (χ2n) is 5.57. The van der Waals surface area contributed by atoms with E-state index < -0.39 is 17.4 Å². The van der Waals surface area contributed by atoms with Crippen molar-refractivity contribution in [2.24, 2.45) is 0 Å². The van der Waals surface area contributed by atoms with E-state index in [-0.39, 0.29) is 30.2 Å². The summed E-state index contributed by atoms with van der Waals surface area (Å²) in [4.78, 5) is 37.1. The second-order valence-corrected chi connectivity index (χ2v) is 6.89. The van der Waals surface area contributed by atoms with Crippen LogP contribution in [0.2, 0.25) is 5.02 Å². The van der Waals surface area contributed by atoms with Crippen LogP contribution in [0.25, 0.3) is 10.2 Å². The zero-order chi connectivity index (χ0) is 18.8. The van der Waals surface area contributed by atoms with Gasteiger partial charge in [0.25, 0.3) is 5.56 Å². The number of aromatic nitrogens is 2. The predicted molar refractivity (Wildman–Crippen MR) is 99.3 cm³/mol. The van der Waals surface area contributed by atoms with Crippen LogP contribution in [0.15, 0.2) is 39.2 Å². The highest BCUT2D eigenvalue weighted by Gasteiger charge is 2.15. The molecular formula is C17H15ClFN3O3S. The lowest BCUT2D eigenvalue weighted by atomic mass is 10.2. The van der Waals surface area contributed by atoms with E-state index in [1.54, 1.807) is 18.4 Å². The number of hydrogen-bond donors (Lipinski definition) is 1. The lowest BCUT2D eigenvalue weighted by molar-refractivity contribution is -0.121. The highest BCUT2D eigenvalue weighted by Crippen LogP contribution is 2.17. The first-order valence-electron chi connectivity index (χ1n) is 7.83. The molecule has 9 heteroatoms. The summed E-state index contributed by atoms with van der Waals surface area (Å²) in [6.07, 6.45) is 0. The molecule has 1 amide bonds. The minimum Gasteiger partial charge on any atom is -0.350 e. The lowest BCUT2D eigenvalue weighted by Gasteiger charge is -2.12. The first kappa shape index (κ1) is 18.3. The van der Waals surface area contributed by atoms with E-state index in [1.165, 1.54) is 34.1 Å². The van der Waals surface area contributed by atoms with Crippen LogP contribution in [0.1, 0.15) is 12.5 Å². The van der Waals surface area contributed by atoms with Crippen LogP contribution in [0, 0.1) is 5.82 Å². The van der Waals surface area contributed by atoms with Gasteiger partial charge in [-0.25, -0.2) is 9.18 Å². The monoisotopic (exact) mass is 395 g/mol. The van der Waals surface area contributed by atoms with E-state index in [9.17, 15) is 18.8 Å². The molecule has 2 heterocycles. The Hall–Kier alpha value is -2.45. The molecule has 26 heavy (non-hydrogen) atoms. The summed E-state index contributed by atoms with van der Waals surface area (Å²) >= 11 is 7.16. The van der Waals surface area contributed by atoms with E-state index >= 15 is 0 Å². The van der Waals surface area contributed by atoms with Gasteiger partial charge in [0.2, 0.25) is 5.91 Å². The van der Waals surface area contributed by atoms with Gasteiger partial charge >= 0.3 is 5.69 Å². The molecule has 0 unspecified atom stereocenters. The van der Waals surface area contributed by atoms with E-state index in [1.807, 2.05) is 0 Å². The Morgan fingerprint density at radius 1 is 1.27 bits per heavy atom. The molecule has 0 atom stereocenters. The number of halogens is 2. The number of benzene rings is 1. The third-order valence-corrected chi connectivity index (χ3v) is 5.19. The van der Waals surface area contributed by atoms with Crippen molar-refractivity contribution in [1.29, 1.82) is 0 Å². The van der Waals surface area contributed by atoms with Gasteiger partial charge in [-0.1, -0.05) is 17.7 Å². The third-order valence-electron chi connectivity index (χ3n) is 3.95. The lowest BCUT2D eigenvalue weighted by Crippen LogP contribution is -2.41. The average molecular weight is 396 g/mol. The van der Waals surface area contributed by atoms with Crippen LogP contribution >= 0.6 is 22.9 Å². The summed E-state index contributed by atoms with van der Waals surface area (Å²) in [5.41, 5.74) is 0.119. The molecule has 0 aliphatic heterocycles. The van der Waals surface area contributed by atoms with Crippen molar-refractivity contribution in [1.82, 2.24) is 14.5 Å². The molecule has 0 fully saturated rings. The Balaban J connectivity index is 1.85. The zero-order valence-electron chi connectivity index (χ0n) is 13.8. The molecule has 1 N–H and O–H groups in total. The molecule has 0 spiro atoms. The number of fused-ring (bicyclic) bond motifs is 1. The van der Waals surface area contributed by atoms with Crippen LogP contribution in [0.3, 0.4) is 0 Å². The van der Waals surface area contributed by atoms with Gasteiger partial charge in [0.15, 0.2) is 0 Å². The third kappa shape index (κ3) is 3.42. The first-order chi connectivity index (χ1) is 12.4. The summed E-state index contributed by atoms with van der Waals surface area (Å²) in [7, 11) is 0. The molecule has 3 aromatic rings. The zero-order valence-corrected chi connectivity index (χ0v) is 15.4. The summed E-state index contributed by atoms with van der Waals surface area (Å²) in [6.45, 7) is 1.79. The van der Waals surface area contributed by atoms with Gasteiger partial charge in [-0.15, -0.1) is 11.3 Å². The number of carbonyl (C=O) groups is 1. The van der Waals surface area contributed by atoms with Crippen LogP contribution in [0.4, 0.5) is 4.39 Å². The van der Waals surface area contributed by atoms with Crippen molar-refractivity contribution < 1.29 is 9.18 Å². The number of hydrogen-bond acceptors (Lipinski definition) is 4. The average Bonchev–Trinajstić information content (AvgIpc) is 3.08. The van der Waals surface area contributed by atoms with Gasteiger partial charge < -0.3 is 5.32 Å². The molecule has 1 aromatic carbocycles. The standard InChI is InChI=1S/C17H15ClFN3O3S/c1-2-21-16(24)15-13(5-6-26-15)22(17(21)25)9-14(23)20-8-10-3-4-11(19)7-12(10)18/h3-7H,2,8-9H2,1H3,(H,20,23). The van der Waals surface area contributed by atoms with Gasteiger partial charge in [0, 0.05) is 18.1 Å². The maximum Gasteiger partial charge on any atom is 0.331 e. The van der Waals surface area contributed by atoms with E-state index in [0.29, 0.717) is 15.8 Å². The van der Waals surface area contributed by atoms with Crippen LogP contribution in [-0.4, -0.2) is 15.0 Å². The van der Waals surface area contributed by atoms with Gasteiger partial charge in [0.1, 0.15) is 17.1 Å². The van der Waals surface area contributed by atoms with Gasteiger partial charge in [-0.05, 0) is 36.1 Å². The molecule has 0 aliphatic rings. The summed E-state index contributed by atoms with van der Waals surface area (Å²) in [5.74, 6) is -0.875. The summed E-state index contributed by atoms with van der Waals surface area (Å²) in [5, 5.41) is 4.57. The molecule has 2 aromatic heterocycles. The fraction of sp³-hybridized carbons (Fsp3) is 0.235. The Morgan fingerprint density at radius 3 is 2.73 bits per heavy atom. The van der Waals surface area contributed by atoms with Crippen molar-refractivity contribution in [2.45, 2.75) is 26.6 Å². The Morgan fingerprint density at radius 2 is 2.04 bits per heavy atom. The van der Waals surface area contributed by atoms with E-state index in [4.69, 9.17) is 11.6 Å². The largest absolute Gasteiger partial charge is 0.350 e. The molecular weight excluding hydrogens is 381 g/mol. The SMILES string of the molecule is CCn1c(=O)c2sccc2n(CC(=O)NCc2ccc(F)cc2Cl)c1=O. The predicted octanol–water partition coefficient (Wildman–Crippen LogP) is 2.35. The Bertz CT molecular complexity index is 1100. The fourth-order valence-electron chi connectivity index (χ4n) is 2.62. The van der Waals surface area contributed by atoms with E-state index in [0.717, 1.165) is 4.57 Å². The number of amides is 1. The summed E-state index contributed by atoms with van der Waals surface area (Å²) < 4.78 is 15.9. The van der Waals surface area contributed by atoms with Crippen molar-refractivity contribution in [2.75, 3.05) is 0 Å². The molecule has 0 radical (unpaired) electrons. The number of rotatable bonds is 5. The highest BCUT2D eigenvalue weighted by molar-refractivity contribution is 7.17. The molecule has 0 aliphatic carbocycles. The van der Waals surface area contributed by atoms with Crippen LogP contribution < -0.4 is 16.6 Å². The maximum atomic E-state index is 13.1. The molecule has 0 saturated carbocycles. The minimum absolute atomic E-state index is 0.104. The molecule has 0 saturated heterocycles. The maximum absolute atomic E-state index is 13.1. The molecule has 136 valence electrons. The topological polar surface area (TPSA) is 73.1 Å². The Kier molecular flexibility index (Phi) is 5.24. The van der Waals surface area contributed by atoms with Crippen molar-refractivity contribution in [3.05, 3.63) is 66.9 Å². The minimum atomic E-state index is -0.529. The number of nitrogens with one attached hydrogen (secondary N) is 1. The molecule has 0 bridgehead atoms. The number of thiophene rings is 1.